The molecule has 2 N–H and O–H groups in total. The van der Waals surface area contributed by atoms with Crippen LogP contribution < -0.4 is 5.32 Å². The van der Waals surface area contributed by atoms with E-state index in [0.717, 1.165) is 12.1 Å². The highest BCUT2D eigenvalue weighted by Crippen LogP contribution is 2.31. The summed E-state index contributed by atoms with van der Waals surface area (Å²) >= 11 is 0. The lowest BCUT2D eigenvalue weighted by Crippen LogP contribution is -2.41. The third kappa shape index (κ3) is 5.38. The summed E-state index contributed by atoms with van der Waals surface area (Å²) in [6.45, 7) is 5.27. The zero-order valence-corrected chi connectivity index (χ0v) is 12.3. The van der Waals surface area contributed by atoms with Crippen molar-refractivity contribution in [3.8, 4) is 0 Å². The van der Waals surface area contributed by atoms with Crippen molar-refractivity contribution in [1.82, 2.24) is 5.32 Å². The van der Waals surface area contributed by atoms with Crippen LogP contribution in [-0.4, -0.2) is 23.2 Å². The Balaban J connectivity index is 2.82. The van der Waals surface area contributed by atoms with Gasteiger partial charge in [0.2, 0.25) is 0 Å². The smallest absolute Gasteiger partial charge is 0.388 e. The van der Waals surface area contributed by atoms with Crippen molar-refractivity contribution in [2.75, 3.05) is 6.54 Å². The van der Waals surface area contributed by atoms with Crippen LogP contribution in [0.15, 0.2) is 24.3 Å². The summed E-state index contributed by atoms with van der Waals surface area (Å²) in [6.07, 6.45) is -4.15. The molecule has 1 aromatic rings. The molecule has 0 spiro atoms. The Morgan fingerprint density at radius 1 is 1.29 bits per heavy atom. The Hall–Kier alpha value is -1.56. The van der Waals surface area contributed by atoms with Gasteiger partial charge in [-0.1, -0.05) is 26.0 Å². The zero-order chi connectivity index (χ0) is 16.3. The number of hydrogen-bond donors (Lipinski definition) is 2. The first-order chi connectivity index (χ1) is 9.53. The summed E-state index contributed by atoms with van der Waals surface area (Å²) in [5.74, 6) is -0.633. The number of alkyl halides is 3. The average Bonchev–Trinajstić information content (AvgIpc) is 2.33. The fourth-order valence-electron chi connectivity index (χ4n) is 2.25. The molecule has 0 aliphatic heterocycles. The van der Waals surface area contributed by atoms with Crippen LogP contribution in [0.4, 0.5) is 13.2 Å². The average molecular weight is 303 g/mol. The Morgan fingerprint density at radius 2 is 1.86 bits per heavy atom. The van der Waals surface area contributed by atoms with Gasteiger partial charge in [0.25, 0.3) is 5.91 Å². The minimum Gasteiger partial charge on any atom is -0.388 e. The number of halogens is 3. The lowest BCUT2D eigenvalue weighted by Gasteiger charge is -2.25. The van der Waals surface area contributed by atoms with E-state index >= 15 is 0 Å². The molecule has 0 heterocycles. The molecular formula is C15H20F3NO2. The van der Waals surface area contributed by atoms with Crippen LogP contribution in [-0.2, 0) is 6.18 Å². The zero-order valence-electron chi connectivity index (χ0n) is 12.3. The standard InChI is InChI=1S/C15H20F3NO2/c1-10(2)8-14(3,21)9-19-13(20)11-6-4-5-7-12(11)15(16,17)18/h4-7,10,21H,8-9H2,1-3H3,(H,19,20). The van der Waals surface area contributed by atoms with Crippen LogP contribution in [0.3, 0.4) is 0 Å². The molecule has 1 aromatic carbocycles. The first-order valence-electron chi connectivity index (χ1n) is 6.70. The highest BCUT2D eigenvalue weighted by atomic mass is 19.4. The molecule has 1 atom stereocenters. The summed E-state index contributed by atoms with van der Waals surface area (Å²) in [5.41, 5.74) is -2.58. The molecule has 0 fully saturated rings. The van der Waals surface area contributed by atoms with E-state index in [-0.39, 0.29) is 12.5 Å². The molecule has 1 rings (SSSR count). The van der Waals surface area contributed by atoms with Gasteiger partial charge < -0.3 is 10.4 Å². The Bertz CT molecular complexity index is 496. The van der Waals surface area contributed by atoms with Gasteiger partial charge in [0, 0.05) is 6.54 Å². The summed E-state index contributed by atoms with van der Waals surface area (Å²) in [7, 11) is 0. The highest BCUT2D eigenvalue weighted by molar-refractivity contribution is 5.95. The molecule has 1 unspecified atom stereocenters. The van der Waals surface area contributed by atoms with Crippen LogP contribution in [0.25, 0.3) is 0 Å². The van der Waals surface area contributed by atoms with Gasteiger partial charge in [-0.25, -0.2) is 0 Å². The van der Waals surface area contributed by atoms with E-state index in [2.05, 4.69) is 5.32 Å². The second kappa shape index (κ2) is 6.47. The predicted octanol–water partition coefficient (Wildman–Crippen LogP) is 3.23. The van der Waals surface area contributed by atoms with Crippen molar-refractivity contribution in [1.29, 1.82) is 0 Å². The number of carbonyl (C=O) groups is 1. The number of amides is 1. The van der Waals surface area contributed by atoms with Crippen molar-refractivity contribution in [2.45, 2.75) is 39.0 Å². The lowest BCUT2D eigenvalue weighted by atomic mass is 9.94. The monoisotopic (exact) mass is 303 g/mol. The van der Waals surface area contributed by atoms with E-state index < -0.39 is 28.8 Å². The molecule has 3 nitrogen and oxygen atoms in total. The first kappa shape index (κ1) is 17.5. The molecule has 0 saturated carbocycles. The van der Waals surface area contributed by atoms with Crippen molar-refractivity contribution < 1.29 is 23.1 Å². The van der Waals surface area contributed by atoms with Crippen molar-refractivity contribution >= 4 is 5.91 Å². The maximum Gasteiger partial charge on any atom is 0.417 e. The van der Waals surface area contributed by atoms with E-state index in [1.54, 1.807) is 6.92 Å². The van der Waals surface area contributed by atoms with Gasteiger partial charge in [0.15, 0.2) is 0 Å². The number of aliphatic hydroxyl groups is 1. The Labute approximate surface area is 122 Å². The predicted molar refractivity (Wildman–Crippen MR) is 73.9 cm³/mol. The van der Waals surface area contributed by atoms with E-state index in [4.69, 9.17) is 0 Å². The van der Waals surface area contributed by atoms with Crippen LogP contribution >= 0.6 is 0 Å². The van der Waals surface area contributed by atoms with Crippen LogP contribution in [0, 0.1) is 5.92 Å². The van der Waals surface area contributed by atoms with E-state index in [9.17, 15) is 23.1 Å². The fourth-order valence-corrected chi connectivity index (χ4v) is 2.25. The van der Waals surface area contributed by atoms with Gasteiger partial charge in [-0.15, -0.1) is 0 Å². The molecule has 0 aliphatic carbocycles. The quantitative estimate of drug-likeness (QED) is 0.877. The van der Waals surface area contributed by atoms with Gasteiger partial charge >= 0.3 is 6.18 Å². The molecule has 21 heavy (non-hydrogen) atoms. The molecule has 0 bridgehead atoms. The minimum atomic E-state index is -4.59. The largest absolute Gasteiger partial charge is 0.417 e. The Kier molecular flexibility index (Phi) is 5.39. The van der Waals surface area contributed by atoms with E-state index in [0.29, 0.717) is 6.42 Å². The fraction of sp³-hybridized carbons (Fsp3) is 0.533. The second-order valence-electron chi connectivity index (χ2n) is 5.82. The van der Waals surface area contributed by atoms with Gasteiger partial charge in [-0.3, -0.25) is 4.79 Å². The topological polar surface area (TPSA) is 49.3 Å². The number of hydrogen-bond acceptors (Lipinski definition) is 2. The van der Waals surface area contributed by atoms with Crippen molar-refractivity contribution in [2.24, 2.45) is 5.92 Å². The van der Waals surface area contributed by atoms with Crippen LogP contribution in [0.1, 0.15) is 43.1 Å². The molecule has 118 valence electrons. The van der Waals surface area contributed by atoms with Gasteiger partial charge in [-0.2, -0.15) is 13.2 Å². The number of benzene rings is 1. The minimum absolute atomic E-state index is 0.101. The van der Waals surface area contributed by atoms with Gasteiger partial charge in [0.1, 0.15) is 0 Å². The maximum atomic E-state index is 12.8. The molecular weight excluding hydrogens is 283 g/mol. The molecule has 6 heteroatoms. The lowest BCUT2D eigenvalue weighted by molar-refractivity contribution is -0.137. The van der Waals surface area contributed by atoms with Crippen molar-refractivity contribution in [3.05, 3.63) is 35.4 Å². The number of nitrogens with one attached hydrogen (secondary N) is 1. The molecule has 0 aromatic heterocycles. The number of rotatable bonds is 5. The maximum absolute atomic E-state index is 12.8. The molecule has 0 radical (unpaired) electrons. The van der Waals surface area contributed by atoms with Crippen LogP contribution in [0.5, 0.6) is 0 Å². The molecule has 0 aliphatic rings. The number of carbonyl (C=O) groups excluding carboxylic acids is 1. The third-order valence-electron chi connectivity index (χ3n) is 2.95. The molecule has 1 amide bonds. The highest BCUT2D eigenvalue weighted by Gasteiger charge is 2.35. The van der Waals surface area contributed by atoms with E-state index in [1.165, 1.54) is 12.1 Å². The Morgan fingerprint density at radius 3 is 2.38 bits per heavy atom. The summed E-state index contributed by atoms with van der Waals surface area (Å²) in [4.78, 5) is 11.9. The van der Waals surface area contributed by atoms with Crippen molar-refractivity contribution in [3.63, 3.8) is 0 Å². The van der Waals surface area contributed by atoms with E-state index in [1.807, 2.05) is 13.8 Å². The second-order valence-corrected chi connectivity index (χ2v) is 5.82. The van der Waals surface area contributed by atoms with Gasteiger partial charge in [-0.05, 0) is 31.4 Å². The summed E-state index contributed by atoms with van der Waals surface area (Å²) in [5, 5.41) is 12.4. The summed E-state index contributed by atoms with van der Waals surface area (Å²) < 4.78 is 38.5. The molecule has 0 saturated heterocycles. The van der Waals surface area contributed by atoms with Crippen LogP contribution in [0.2, 0.25) is 0 Å². The van der Waals surface area contributed by atoms with Gasteiger partial charge in [0.05, 0.1) is 16.7 Å². The normalized spacial score (nSPS) is 14.9. The third-order valence-corrected chi connectivity index (χ3v) is 2.95. The first-order valence-corrected chi connectivity index (χ1v) is 6.70. The SMILES string of the molecule is CC(C)CC(C)(O)CNC(=O)c1ccccc1C(F)(F)F. The summed E-state index contributed by atoms with van der Waals surface area (Å²) in [6, 6.07) is 4.58.